The maximum Gasteiger partial charge on any atom is 0.161 e. The van der Waals surface area contributed by atoms with Crippen LogP contribution in [-0.2, 0) is 0 Å². The van der Waals surface area contributed by atoms with Gasteiger partial charge in [0.25, 0.3) is 0 Å². The van der Waals surface area contributed by atoms with Gasteiger partial charge in [0.05, 0.1) is 11.4 Å². The van der Waals surface area contributed by atoms with Crippen molar-refractivity contribution in [3.05, 3.63) is 170 Å². The SMILES string of the molecule is c1ccc(-c2cc(-c3ccc4c(c3)oc3ccccc34)nc(-c3cc4c5cc(-c6ccc7ccccc7c6)ccc5oc4c4ccccc34)n2)cc1. The lowest BCUT2D eigenvalue weighted by Gasteiger charge is -2.12. The second kappa shape index (κ2) is 11.2. The molecule has 11 rings (SSSR count). The molecule has 0 aliphatic rings. The summed E-state index contributed by atoms with van der Waals surface area (Å²) in [6.07, 6.45) is 0. The van der Waals surface area contributed by atoms with Gasteiger partial charge in [-0.1, -0.05) is 121 Å². The van der Waals surface area contributed by atoms with Crippen LogP contribution in [0.2, 0.25) is 0 Å². The van der Waals surface area contributed by atoms with Gasteiger partial charge in [0.15, 0.2) is 5.82 Å². The highest BCUT2D eigenvalue weighted by Gasteiger charge is 2.19. The van der Waals surface area contributed by atoms with Crippen LogP contribution in [-0.4, -0.2) is 9.97 Å². The van der Waals surface area contributed by atoms with Crippen LogP contribution in [0.3, 0.4) is 0 Å². The standard InChI is InChI=1S/C48H28N2O2/c1-2-11-30(12-3-1)42-28-43(34-20-22-37-36-15-8-9-17-44(36)51-46(37)26-34)50-48(49-42)41-27-40-39-25-33(32-19-18-29-10-4-5-13-31(29)24-32)21-23-45(39)52-47(40)38-16-7-6-14-35(38)41/h1-28H. The van der Waals surface area contributed by atoms with Crippen LogP contribution in [0.4, 0.5) is 0 Å². The van der Waals surface area contributed by atoms with E-state index in [2.05, 4.69) is 133 Å². The second-order valence-electron chi connectivity index (χ2n) is 13.4. The molecule has 0 unspecified atom stereocenters. The minimum atomic E-state index is 0.652. The van der Waals surface area contributed by atoms with Crippen molar-refractivity contribution in [2.24, 2.45) is 0 Å². The number of furan rings is 2. The van der Waals surface area contributed by atoms with Gasteiger partial charge in [-0.05, 0) is 75.8 Å². The van der Waals surface area contributed by atoms with Crippen LogP contribution >= 0.6 is 0 Å². The molecule has 0 aliphatic carbocycles. The average Bonchev–Trinajstić information content (AvgIpc) is 3.78. The number of benzene rings is 8. The molecule has 3 aromatic heterocycles. The normalized spacial score (nSPS) is 11.8. The number of hydrogen-bond donors (Lipinski definition) is 0. The van der Waals surface area contributed by atoms with Gasteiger partial charge in [-0.25, -0.2) is 9.97 Å². The molecule has 0 spiro atoms. The molecule has 0 saturated heterocycles. The molecule has 0 N–H and O–H groups in total. The molecule has 0 atom stereocenters. The number of para-hydroxylation sites is 1. The van der Waals surface area contributed by atoms with E-state index in [1.807, 2.05) is 36.4 Å². The molecule has 4 heteroatoms. The maximum atomic E-state index is 6.62. The first-order valence-electron chi connectivity index (χ1n) is 17.5. The van der Waals surface area contributed by atoms with Crippen LogP contribution in [0.25, 0.3) is 110 Å². The van der Waals surface area contributed by atoms with E-state index in [0.717, 1.165) is 88.3 Å². The molecular formula is C48H28N2O2. The fourth-order valence-corrected chi connectivity index (χ4v) is 7.69. The Morgan fingerprint density at radius 3 is 1.87 bits per heavy atom. The maximum absolute atomic E-state index is 6.62. The van der Waals surface area contributed by atoms with Crippen LogP contribution in [0.15, 0.2) is 179 Å². The van der Waals surface area contributed by atoms with Gasteiger partial charge in [-0.2, -0.15) is 0 Å². The Balaban J connectivity index is 1.14. The van der Waals surface area contributed by atoms with E-state index in [4.69, 9.17) is 18.8 Å². The van der Waals surface area contributed by atoms with E-state index in [1.54, 1.807) is 0 Å². The van der Waals surface area contributed by atoms with E-state index in [1.165, 1.54) is 16.3 Å². The first-order chi connectivity index (χ1) is 25.7. The summed E-state index contributed by atoms with van der Waals surface area (Å²) in [5.74, 6) is 0.652. The first-order valence-corrected chi connectivity index (χ1v) is 17.5. The molecule has 242 valence electrons. The lowest BCUT2D eigenvalue weighted by atomic mass is 9.97. The van der Waals surface area contributed by atoms with Gasteiger partial charge in [0.1, 0.15) is 22.3 Å². The zero-order valence-corrected chi connectivity index (χ0v) is 27.9. The van der Waals surface area contributed by atoms with Gasteiger partial charge >= 0.3 is 0 Å². The summed E-state index contributed by atoms with van der Waals surface area (Å²) in [5, 5.41) is 8.79. The smallest absolute Gasteiger partial charge is 0.161 e. The fraction of sp³-hybridized carbons (Fsp3) is 0. The van der Waals surface area contributed by atoms with Crippen LogP contribution < -0.4 is 0 Å². The Labute approximate surface area is 298 Å². The molecule has 8 aromatic carbocycles. The molecule has 0 fully saturated rings. The molecule has 0 aliphatic heterocycles. The minimum Gasteiger partial charge on any atom is -0.456 e. The van der Waals surface area contributed by atoms with E-state index in [9.17, 15) is 0 Å². The average molecular weight is 665 g/mol. The van der Waals surface area contributed by atoms with E-state index < -0.39 is 0 Å². The zero-order chi connectivity index (χ0) is 34.2. The molecule has 0 radical (unpaired) electrons. The number of aromatic nitrogens is 2. The third-order valence-corrected chi connectivity index (χ3v) is 10.3. The monoisotopic (exact) mass is 664 g/mol. The Kier molecular flexibility index (Phi) is 6.22. The molecule has 3 heterocycles. The number of hydrogen-bond acceptors (Lipinski definition) is 4. The van der Waals surface area contributed by atoms with Gasteiger partial charge in [-0.3, -0.25) is 0 Å². The summed E-state index contributed by atoms with van der Waals surface area (Å²) >= 11 is 0. The van der Waals surface area contributed by atoms with Crippen molar-refractivity contribution in [1.29, 1.82) is 0 Å². The first kappa shape index (κ1) is 28.8. The number of fused-ring (bicyclic) bond motifs is 9. The summed E-state index contributed by atoms with van der Waals surface area (Å²) in [6.45, 7) is 0. The molecule has 0 amide bonds. The summed E-state index contributed by atoms with van der Waals surface area (Å²) in [7, 11) is 0. The predicted octanol–water partition coefficient (Wildman–Crippen LogP) is 13.2. The second-order valence-corrected chi connectivity index (χ2v) is 13.4. The zero-order valence-electron chi connectivity index (χ0n) is 27.9. The highest BCUT2D eigenvalue weighted by molar-refractivity contribution is 6.19. The Hall–Kier alpha value is -7.04. The van der Waals surface area contributed by atoms with E-state index in [0.29, 0.717) is 5.82 Å². The third-order valence-electron chi connectivity index (χ3n) is 10.3. The summed E-state index contributed by atoms with van der Waals surface area (Å²) in [6, 6.07) is 59.1. The lowest BCUT2D eigenvalue weighted by molar-refractivity contribution is 0.669. The molecule has 4 nitrogen and oxygen atoms in total. The van der Waals surface area contributed by atoms with Gasteiger partial charge < -0.3 is 8.83 Å². The van der Waals surface area contributed by atoms with Crippen molar-refractivity contribution in [2.45, 2.75) is 0 Å². The Morgan fingerprint density at radius 1 is 0.327 bits per heavy atom. The van der Waals surface area contributed by atoms with Crippen molar-refractivity contribution < 1.29 is 8.83 Å². The van der Waals surface area contributed by atoms with Crippen molar-refractivity contribution in [3.63, 3.8) is 0 Å². The van der Waals surface area contributed by atoms with Crippen molar-refractivity contribution in [3.8, 4) is 45.0 Å². The van der Waals surface area contributed by atoms with Crippen LogP contribution in [0, 0.1) is 0 Å². The van der Waals surface area contributed by atoms with E-state index in [-0.39, 0.29) is 0 Å². The van der Waals surface area contributed by atoms with Gasteiger partial charge in [0.2, 0.25) is 0 Å². The lowest BCUT2D eigenvalue weighted by Crippen LogP contribution is -1.96. The predicted molar refractivity (Wildman–Crippen MR) is 213 cm³/mol. The Morgan fingerprint density at radius 2 is 0.981 bits per heavy atom. The molecule has 11 aromatic rings. The summed E-state index contributed by atoms with van der Waals surface area (Å²) < 4.78 is 12.9. The third kappa shape index (κ3) is 4.55. The molecule has 0 bridgehead atoms. The number of rotatable bonds is 4. The quantitative estimate of drug-likeness (QED) is 0.188. The van der Waals surface area contributed by atoms with Gasteiger partial charge in [0, 0.05) is 43.6 Å². The molecular weight excluding hydrogens is 637 g/mol. The molecule has 52 heavy (non-hydrogen) atoms. The highest BCUT2D eigenvalue weighted by atomic mass is 16.3. The van der Waals surface area contributed by atoms with Crippen molar-refractivity contribution >= 4 is 65.4 Å². The summed E-state index contributed by atoms with van der Waals surface area (Å²) in [4.78, 5) is 10.5. The largest absolute Gasteiger partial charge is 0.456 e. The van der Waals surface area contributed by atoms with E-state index >= 15 is 0 Å². The highest BCUT2D eigenvalue weighted by Crippen LogP contribution is 2.41. The topological polar surface area (TPSA) is 52.1 Å². The van der Waals surface area contributed by atoms with Crippen molar-refractivity contribution in [1.82, 2.24) is 9.97 Å². The minimum absolute atomic E-state index is 0.652. The van der Waals surface area contributed by atoms with Crippen molar-refractivity contribution in [2.75, 3.05) is 0 Å². The number of nitrogens with zero attached hydrogens (tertiary/aromatic N) is 2. The van der Waals surface area contributed by atoms with Crippen LogP contribution in [0.1, 0.15) is 0 Å². The van der Waals surface area contributed by atoms with Crippen LogP contribution in [0.5, 0.6) is 0 Å². The van der Waals surface area contributed by atoms with Gasteiger partial charge in [-0.15, -0.1) is 0 Å². The molecule has 0 saturated carbocycles. The summed E-state index contributed by atoms with van der Waals surface area (Å²) in [5.41, 5.74) is 10.3. The Bertz CT molecular complexity index is 3190. The fourth-order valence-electron chi connectivity index (χ4n) is 7.69.